The Kier molecular flexibility index (Phi) is 44.0. The van der Waals surface area contributed by atoms with Crippen LogP contribution in [0, 0.1) is 10.8 Å². The normalized spacial score (nSPS) is 13.6. The van der Waals surface area contributed by atoms with Gasteiger partial charge in [-0.15, -0.1) is 0 Å². The van der Waals surface area contributed by atoms with Crippen LogP contribution in [0.1, 0.15) is 163 Å². The molecule has 0 radical (unpaired) electrons. The zero-order valence-corrected chi connectivity index (χ0v) is 44.6. The van der Waals surface area contributed by atoms with E-state index in [9.17, 15) is 28.8 Å². The van der Waals surface area contributed by atoms with Gasteiger partial charge in [-0.3, -0.25) is 28.8 Å². The molecule has 3 amide bonds. The Morgan fingerprint density at radius 3 is 1.23 bits per heavy atom. The number of carbonyl (C=O) groups excluding carboxylic acids is 6. The molecule has 0 aliphatic heterocycles. The van der Waals surface area contributed by atoms with Gasteiger partial charge in [0.15, 0.2) is 0 Å². The van der Waals surface area contributed by atoms with Gasteiger partial charge in [0.25, 0.3) is 0 Å². The maximum atomic E-state index is 12.6. The van der Waals surface area contributed by atoms with E-state index in [1.807, 2.05) is 20.9 Å². The van der Waals surface area contributed by atoms with Crippen LogP contribution in [0.4, 0.5) is 0 Å². The minimum atomic E-state index is -0.381. The van der Waals surface area contributed by atoms with Gasteiger partial charge in [0.2, 0.25) is 17.7 Å². The highest BCUT2D eigenvalue weighted by Gasteiger charge is 2.31. The van der Waals surface area contributed by atoms with E-state index in [0.29, 0.717) is 215 Å². The summed E-state index contributed by atoms with van der Waals surface area (Å²) in [6.45, 7) is 15.3. The highest BCUT2D eigenvalue weighted by Crippen LogP contribution is 2.26. The van der Waals surface area contributed by atoms with Gasteiger partial charge in [-0.25, -0.2) is 0 Å². The fourth-order valence-corrected chi connectivity index (χ4v) is 7.28. The van der Waals surface area contributed by atoms with E-state index >= 15 is 0 Å². The Bertz CT molecular complexity index is 1360. The van der Waals surface area contributed by atoms with Crippen LogP contribution in [0.3, 0.4) is 0 Å². The van der Waals surface area contributed by atoms with Crippen molar-refractivity contribution in [2.24, 2.45) is 16.6 Å². The second-order valence-corrected chi connectivity index (χ2v) is 18.6. The number of rotatable bonds is 53. The molecule has 0 aliphatic rings. The third kappa shape index (κ3) is 38.7. The Morgan fingerprint density at radius 2 is 0.829 bits per heavy atom. The Hall–Kier alpha value is -2.94. The molecule has 0 bridgehead atoms. The lowest BCUT2D eigenvalue weighted by Gasteiger charge is -2.32. The summed E-state index contributed by atoms with van der Waals surface area (Å²) in [5.41, 5.74) is 4.92. The summed E-state index contributed by atoms with van der Waals surface area (Å²) in [4.78, 5) is 73.3. The summed E-state index contributed by atoms with van der Waals surface area (Å²) in [5, 5.41) is 11.4. The quantitative estimate of drug-likeness (QED) is 0.0372. The van der Waals surface area contributed by atoms with Gasteiger partial charge in [0, 0.05) is 122 Å². The van der Waals surface area contributed by atoms with Crippen LogP contribution in [-0.4, -0.2) is 161 Å². The first-order chi connectivity index (χ1) is 33.8. The van der Waals surface area contributed by atoms with Crippen molar-refractivity contribution in [2.45, 2.75) is 169 Å². The predicted octanol–water partition coefficient (Wildman–Crippen LogP) is 5.54. The second kappa shape index (κ2) is 45.9. The molecule has 0 aromatic heterocycles. The van der Waals surface area contributed by atoms with Crippen LogP contribution in [0.2, 0.25) is 0 Å². The standard InChI is InChI=1S/C52H99N5O13/c1-7-31-70-44(4)57-50(63)27-15-12-21-47(60)24-18-33-65-39-51(8-2,41-67-35-28-53)38-64-32-17-23-46(59)20-11-14-26-49(62)56-30-37-69-43-52(9-3,42-68-36-29-54-5)40-66-34-16-22-45(58)19-10-13-25-48(61)55-6/h44,54H,7-43,53H2,1-6H3,(H,55,61)(H,56,62)(H,57,63). The smallest absolute Gasteiger partial charge is 0.221 e. The molecule has 0 aliphatic carbocycles. The highest BCUT2D eigenvalue weighted by molar-refractivity contribution is 5.80. The predicted molar refractivity (Wildman–Crippen MR) is 272 cm³/mol. The minimum Gasteiger partial charge on any atom is -0.381 e. The number of ketones is 3. The van der Waals surface area contributed by atoms with Gasteiger partial charge in [-0.05, 0) is 91.0 Å². The molecule has 0 spiro atoms. The number of hydrogen-bond donors (Lipinski definition) is 5. The van der Waals surface area contributed by atoms with Gasteiger partial charge in [-0.2, -0.15) is 0 Å². The average Bonchev–Trinajstić information content (AvgIpc) is 3.35. The van der Waals surface area contributed by atoms with Crippen LogP contribution in [-0.2, 0) is 61.9 Å². The number of nitrogens with one attached hydrogen (secondary N) is 4. The molecule has 0 heterocycles. The molecule has 0 saturated heterocycles. The molecule has 70 heavy (non-hydrogen) atoms. The molecule has 3 atom stereocenters. The van der Waals surface area contributed by atoms with Crippen molar-refractivity contribution in [3.8, 4) is 0 Å². The number of ether oxygens (including phenoxy) is 7. The third-order valence-corrected chi connectivity index (χ3v) is 12.1. The van der Waals surface area contributed by atoms with Crippen LogP contribution in [0.25, 0.3) is 0 Å². The number of amides is 3. The van der Waals surface area contributed by atoms with E-state index in [-0.39, 0.29) is 52.1 Å². The SMILES string of the molecule is CCCOC(C)NC(=O)CCCCC(=O)CCCOCC(CC)(COCCN)COCCCC(=O)CCCCC(=O)NCCOCC(CC)(COCCCC(=O)CCCCC(=O)NC)COCCNC. The van der Waals surface area contributed by atoms with Gasteiger partial charge in [-0.1, -0.05) is 20.8 Å². The van der Waals surface area contributed by atoms with E-state index in [0.717, 1.165) is 25.8 Å². The van der Waals surface area contributed by atoms with Crippen molar-refractivity contribution >= 4 is 35.1 Å². The molecule has 0 aromatic carbocycles. The van der Waals surface area contributed by atoms with Crippen molar-refractivity contribution in [1.29, 1.82) is 0 Å². The molecular weight excluding hydrogens is 903 g/mol. The van der Waals surface area contributed by atoms with Crippen molar-refractivity contribution in [1.82, 2.24) is 21.3 Å². The van der Waals surface area contributed by atoms with Crippen LogP contribution < -0.4 is 27.0 Å². The van der Waals surface area contributed by atoms with E-state index in [2.05, 4.69) is 35.1 Å². The van der Waals surface area contributed by atoms with E-state index < -0.39 is 0 Å². The number of nitrogens with two attached hydrogens (primary N) is 1. The number of carbonyl (C=O) groups is 6. The average molecular weight is 1000 g/mol. The number of hydrogen-bond acceptors (Lipinski definition) is 15. The first kappa shape index (κ1) is 67.1. The van der Waals surface area contributed by atoms with Crippen molar-refractivity contribution in [3.63, 3.8) is 0 Å². The lowest BCUT2D eigenvalue weighted by atomic mass is 9.88. The van der Waals surface area contributed by atoms with Gasteiger partial charge in [0.05, 0.1) is 59.5 Å². The molecule has 410 valence electrons. The highest BCUT2D eigenvalue weighted by atomic mass is 16.5. The van der Waals surface area contributed by atoms with Crippen molar-refractivity contribution in [3.05, 3.63) is 0 Å². The van der Waals surface area contributed by atoms with Crippen molar-refractivity contribution < 1.29 is 61.9 Å². The third-order valence-electron chi connectivity index (χ3n) is 12.1. The molecule has 18 nitrogen and oxygen atoms in total. The van der Waals surface area contributed by atoms with Crippen LogP contribution in [0.15, 0.2) is 0 Å². The Labute approximate surface area is 422 Å². The molecular formula is C52H99N5O13. The van der Waals surface area contributed by atoms with Crippen molar-refractivity contribution in [2.75, 3.05) is 120 Å². The largest absolute Gasteiger partial charge is 0.381 e. The lowest BCUT2D eigenvalue weighted by molar-refractivity contribution is -0.125. The molecule has 18 heteroatoms. The first-order valence-electron chi connectivity index (χ1n) is 26.6. The number of Topliss-reactive ketones (excluding diaryl/α,β-unsaturated/α-hetero) is 3. The lowest BCUT2D eigenvalue weighted by Crippen LogP contribution is -2.38. The summed E-state index contributed by atoms with van der Waals surface area (Å²) < 4.78 is 41.4. The Morgan fingerprint density at radius 1 is 0.457 bits per heavy atom. The van der Waals surface area contributed by atoms with Crippen LogP contribution in [0.5, 0.6) is 0 Å². The Balaban J connectivity index is 4.42. The number of unbranched alkanes of at least 4 members (excludes halogenated alkanes) is 3. The van der Waals surface area contributed by atoms with E-state index in [4.69, 9.17) is 38.9 Å². The minimum absolute atomic E-state index is 0.00764. The zero-order chi connectivity index (χ0) is 52.0. The molecule has 0 aromatic rings. The fourth-order valence-electron chi connectivity index (χ4n) is 7.28. The topological polar surface area (TPSA) is 241 Å². The molecule has 6 N–H and O–H groups in total. The molecule has 0 fully saturated rings. The van der Waals surface area contributed by atoms with Crippen LogP contribution >= 0.6 is 0 Å². The summed E-state index contributed by atoms with van der Waals surface area (Å²) >= 11 is 0. The van der Waals surface area contributed by atoms with Gasteiger partial charge >= 0.3 is 0 Å². The summed E-state index contributed by atoms with van der Waals surface area (Å²) in [6, 6.07) is 0. The second-order valence-electron chi connectivity index (χ2n) is 18.6. The monoisotopic (exact) mass is 1000 g/mol. The van der Waals surface area contributed by atoms with E-state index in [1.165, 1.54) is 0 Å². The van der Waals surface area contributed by atoms with Gasteiger partial charge < -0.3 is 60.2 Å². The molecule has 0 saturated carbocycles. The number of likely N-dealkylation sites (N-methyl/N-ethyl adjacent to an activating group) is 1. The summed E-state index contributed by atoms with van der Waals surface area (Å²) in [7, 11) is 3.48. The summed E-state index contributed by atoms with van der Waals surface area (Å²) in [5.74, 6) is 0.345. The first-order valence-corrected chi connectivity index (χ1v) is 26.6. The molecule has 0 rings (SSSR count). The maximum Gasteiger partial charge on any atom is 0.221 e. The molecule has 3 unspecified atom stereocenters. The fraction of sp³-hybridized carbons (Fsp3) is 0.885. The van der Waals surface area contributed by atoms with Gasteiger partial charge in [0.1, 0.15) is 23.6 Å². The summed E-state index contributed by atoms with van der Waals surface area (Å²) in [6.07, 6.45) is 11.7. The maximum absolute atomic E-state index is 12.6. The zero-order valence-electron chi connectivity index (χ0n) is 44.6. The van der Waals surface area contributed by atoms with E-state index in [1.54, 1.807) is 7.05 Å².